The molecule has 1 amide bonds. The first-order chi connectivity index (χ1) is 16.7. The topological polar surface area (TPSA) is 81.8 Å². The fourth-order valence-corrected chi connectivity index (χ4v) is 4.73. The number of aromatic nitrogens is 4. The van der Waals surface area contributed by atoms with Gasteiger partial charge in [0.05, 0.1) is 39.4 Å². The molecule has 0 atom stereocenters. The highest BCUT2D eigenvalue weighted by Crippen LogP contribution is 2.24. The van der Waals surface area contributed by atoms with Crippen molar-refractivity contribution in [3.05, 3.63) is 75.8 Å². The summed E-state index contributed by atoms with van der Waals surface area (Å²) in [6.45, 7) is 10.7. The molecule has 35 heavy (non-hydrogen) atoms. The summed E-state index contributed by atoms with van der Waals surface area (Å²) >= 11 is 1.28. The van der Waals surface area contributed by atoms with Gasteiger partial charge in [-0.15, -0.1) is 0 Å². The molecular formula is C27H31N5O2S. The molecule has 1 N–H and O–H groups in total. The zero-order chi connectivity index (χ0) is 25.1. The van der Waals surface area contributed by atoms with Gasteiger partial charge in [0.2, 0.25) is 5.91 Å². The van der Waals surface area contributed by atoms with Gasteiger partial charge in [0.25, 0.3) is 5.56 Å². The first kappa shape index (κ1) is 24.7. The maximum atomic E-state index is 13.1. The van der Waals surface area contributed by atoms with Crippen molar-refractivity contribution in [3.8, 4) is 5.69 Å². The van der Waals surface area contributed by atoms with Crippen LogP contribution < -0.4 is 10.9 Å². The van der Waals surface area contributed by atoms with Crippen LogP contribution in [0.2, 0.25) is 0 Å². The third-order valence-corrected chi connectivity index (χ3v) is 6.90. The average Bonchev–Trinajstić information content (AvgIpc) is 3.11. The Morgan fingerprint density at radius 1 is 1.06 bits per heavy atom. The molecule has 2 aromatic carbocycles. The van der Waals surface area contributed by atoms with Crippen LogP contribution in [0, 0.1) is 26.7 Å². The van der Waals surface area contributed by atoms with Crippen LogP contribution in [0.15, 0.2) is 58.5 Å². The maximum Gasteiger partial charge on any atom is 0.262 e. The van der Waals surface area contributed by atoms with Crippen molar-refractivity contribution in [1.82, 2.24) is 19.3 Å². The predicted molar refractivity (Wildman–Crippen MR) is 143 cm³/mol. The number of fused-ring (bicyclic) bond motifs is 1. The summed E-state index contributed by atoms with van der Waals surface area (Å²) < 4.78 is 3.54. The van der Waals surface area contributed by atoms with Crippen LogP contribution in [0.4, 0.5) is 5.69 Å². The van der Waals surface area contributed by atoms with E-state index in [1.165, 1.54) is 17.3 Å². The Bertz CT molecular complexity index is 1420. The normalized spacial score (nSPS) is 11.4. The van der Waals surface area contributed by atoms with Gasteiger partial charge < -0.3 is 5.32 Å². The van der Waals surface area contributed by atoms with Gasteiger partial charge in [0.1, 0.15) is 0 Å². The van der Waals surface area contributed by atoms with E-state index in [9.17, 15) is 9.59 Å². The van der Waals surface area contributed by atoms with Crippen LogP contribution in [0.25, 0.3) is 16.6 Å². The molecule has 182 valence electrons. The van der Waals surface area contributed by atoms with E-state index in [1.54, 1.807) is 10.6 Å². The van der Waals surface area contributed by atoms with Gasteiger partial charge in [-0.2, -0.15) is 5.10 Å². The van der Waals surface area contributed by atoms with Crippen LogP contribution in [0.1, 0.15) is 37.2 Å². The molecule has 4 aromatic rings. The number of amides is 1. The molecule has 8 heteroatoms. The highest BCUT2D eigenvalue weighted by atomic mass is 32.2. The summed E-state index contributed by atoms with van der Waals surface area (Å²) in [5, 5.41) is 8.79. The van der Waals surface area contributed by atoms with E-state index in [0.717, 1.165) is 23.5 Å². The monoisotopic (exact) mass is 489 g/mol. The number of anilines is 1. The molecule has 4 rings (SSSR count). The first-order valence-corrected chi connectivity index (χ1v) is 12.8. The second-order valence-electron chi connectivity index (χ2n) is 9.18. The molecular weight excluding hydrogens is 458 g/mol. The standard InChI is InChI=1S/C27H31N5O2S/c1-17(2)14-15-31-26(34)22-8-6-7-9-23(22)28-27(31)35-16-24(33)29-25-19(4)30-32(20(25)5)21-12-10-18(3)11-13-21/h6-13,17H,14-16H2,1-5H3,(H,29,33). The molecule has 0 fully saturated rings. The molecule has 2 heterocycles. The molecule has 0 aliphatic heterocycles. The molecule has 0 aliphatic carbocycles. The molecule has 0 unspecified atom stereocenters. The number of hydrogen-bond acceptors (Lipinski definition) is 5. The van der Waals surface area contributed by atoms with Gasteiger partial charge in [-0.1, -0.05) is 55.4 Å². The van der Waals surface area contributed by atoms with Crippen LogP contribution in [-0.2, 0) is 11.3 Å². The van der Waals surface area contributed by atoms with E-state index in [0.29, 0.717) is 34.2 Å². The molecule has 0 bridgehead atoms. The molecule has 0 saturated heterocycles. The Morgan fingerprint density at radius 3 is 2.49 bits per heavy atom. The lowest BCUT2D eigenvalue weighted by atomic mass is 10.1. The van der Waals surface area contributed by atoms with Crippen molar-refractivity contribution in [2.45, 2.75) is 52.7 Å². The number of nitrogens with zero attached hydrogens (tertiary/aromatic N) is 4. The summed E-state index contributed by atoms with van der Waals surface area (Å²) in [5.41, 5.74) is 5.02. The number of thioether (sulfide) groups is 1. The third kappa shape index (κ3) is 5.48. The number of nitrogens with one attached hydrogen (secondary N) is 1. The lowest BCUT2D eigenvalue weighted by Gasteiger charge is -2.14. The SMILES string of the molecule is Cc1ccc(-n2nc(C)c(NC(=O)CSc3nc4ccccc4c(=O)n3CCC(C)C)c2C)cc1. The second-order valence-corrected chi connectivity index (χ2v) is 10.1. The second kappa shape index (κ2) is 10.5. The van der Waals surface area contributed by atoms with Crippen molar-refractivity contribution in [3.63, 3.8) is 0 Å². The minimum absolute atomic E-state index is 0.0646. The van der Waals surface area contributed by atoms with E-state index < -0.39 is 0 Å². The number of carbonyl (C=O) groups is 1. The van der Waals surface area contributed by atoms with Gasteiger partial charge in [-0.3, -0.25) is 14.2 Å². The van der Waals surface area contributed by atoms with Crippen LogP contribution in [-0.4, -0.2) is 31.0 Å². The van der Waals surface area contributed by atoms with Gasteiger partial charge in [0.15, 0.2) is 5.16 Å². The van der Waals surface area contributed by atoms with Crippen LogP contribution in [0.3, 0.4) is 0 Å². The van der Waals surface area contributed by atoms with Crippen molar-refractivity contribution < 1.29 is 4.79 Å². The Hall–Kier alpha value is -3.39. The van der Waals surface area contributed by atoms with Gasteiger partial charge >= 0.3 is 0 Å². The number of carbonyl (C=O) groups excluding carboxylic acids is 1. The summed E-state index contributed by atoms with van der Waals surface area (Å²) in [6, 6.07) is 15.4. The summed E-state index contributed by atoms with van der Waals surface area (Å²) in [4.78, 5) is 30.8. The Balaban J connectivity index is 1.54. The highest BCUT2D eigenvalue weighted by Gasteiger charge is 2.17. The first-order valence-electron chi connectivity index (χ1n) is 11.8. The quantitative estimate of drug-likeness (QED) is 0.269. The van der Waals surface area contributed by atoms with E-state index in [2.05, 4.69) is 24.3 Å². The fraction of sp³-hybridized carbons (Fsp3) is 0.333. The lowest BCUT2D eigenvalue weighted by molar-refractivity contribution is -0.113. The Morgan fingerprint density at radius 2 is 1.77 bits per heavy atom. The highest BCUT2D eigenvalue weighted by molar-refractivity contribution is 7.99. The van der Waals surface area contributed by atoms with Crippen LogP contribution >= 0.6 is 11.8 Å². The van der Waals surface area contributed by atoms with Gasteiger partial charge in [0, 0.05) is 6.54 Å². The number of rotatable bonds is 8. The number of benzene rings is 2. The number of para-hydroxylation sites is 1. The van der Waals surface area contributed by atoms with E-state index in [1.807, 2.05) is 67.9 Å². The molecule has 0 radical (unpaired) electrons. The molecule has 7 nitrogen and oxygen atoms in total. The number of hydrogen-bond donors (Lipinski definition) is 1. The molecule has 2 aromatic heterocycles. The Labute approximate surface area is 209 Å². The summed E-state index contributed by atoms with van der Waals surface area (Å²) in [7, 11) is 0. The van der Waals surface area contributed by atoms with E-state index in [-0.39, 0.29) is 17.2 Å². The van der Waals surface area contributed by atoms with E-state index >= 15 is 0 Å². The van der Waals surface area contributed by atoms with Gasteiger partial charge in [-0.05, 0) is 57.4 Å². The largest absolute Gasteiger partial charge is 0.322 e. The number of aryl methyl sites for hydroxylation is 2. The lowest BCUT2D eigenvalue weighted by Crippen LogP contribution is -2.25. The Kier molecular flexibility index (Phi) is 7.40. The van der Waals surface area contributed by atoms with Crippen molar-refractivity contribution >= 4 is 34.3 Å². The smallest absolute Gasteiger partial charge is 0.262 e. The minimum Gasteiger partial charge on any atom is -0.322 e. The predicted octanol–water partition coefficient (Wildman–Crippen LogP) is 5.28. The van der Waals surface area contributed by atoms with Gasteiger partial charge in [-0.25, -0.2) is 9.67 Å². The minimum atomic E-state index is -0.164. The summed E-state index contributed by atoms with van der Waals surface area (Å²) in [6.07, 6.45) is 0.857. The van der Waals surface area contributed by atoms with Crippen molar-refractivity contribution in [2.75, 3.05) is 11.1 Å². The average molecular weight is 490 g/mol. The van der Waals surface area contributed by atoms with E-state index in [4.69, 9.17) is 4.98 Å². The van der Waals surface area contributed by atoms with Crippen molar-refractivity contribution in [2.24, 2.45) is 5.92 Å². The maximum absolute atomic E-state index is 13.1. The van der Waals surface area contributed by atoms with Crippen molar-refractivity contribution in [1.29, 1.82) is 0 Å². The zero-order valence-electron chi connectivity index (χ0n) is 20.8. The fourth-order valence-electron chi connectivity index (χ4n) is 3.91. The molecule has 0 aliphatic rings. The third-order valence-electron chi connectivity index (χ3n) is 5.92. The molecule has 0 saturated carbocycles. The molecule has 0 spiro atoms. The zero-order valence-corrected chi connectivity index (χ0v) is 21.6. The van der Waals surface area contributed by atoms with Crippen LogP contribution in [0.5, 0.6) is 0 Å². The summed E-state index contributed by atoms with van der Waals surface area (Å²) in [5.74, 6) is 0.425.